The summed E-state index contributed by atoms with van der Waals surface area (Å²) in [6.45, 7) is 10.8. The second-order valence-electron chi connectivity index (χ2n) is 9.18. The highest BCUT2D eigenvalue weighted by atomic mass is 16.8. The van der Waals surface area contributed by atoms with Gasteiger partial charge >= 0.3 is 0 Å². The topological polar surface area (TPSA) is 57.2 Å². The molecular weight excluding hydrogens is 296 g/mol. The highest BCUT2D eigenvalue weighted by Crippen LogP contribution is 2.66. The van der Waals surface area contributed by atoms with Gasteiger partial charge in [0.2, 0.25) is 0 Å². The van der Waals surface area contributed by atoms with Gasteiger partial charge in [-0.25, -0.2) is 0 Å². The van der Waals surface area contributed by atoms with Crippen molar-refractivity contribution in [3.05, 3.63) is 0 Å². The van der Waals surface area contributed by atoms with Crippen LogP contribution in [-0.4, -0.2) is 48.7 Å². The molecule has 4 fully saturated rings. The molecular formula is C18H30O5. The van der Waals surface area contributed by atoms with Crippen molar-refractivity contribution in [2.24, 2.45) is 22.7 Å². The lowest BCUT2D eigenvalue weighted by Gasteiger charge is -2.59. The van der Waals surface area contributed by atoms with Crippen molar-refractivity contribution in [2.45, 2.75) is 84.0 Å². The van der Waals surface area contributed by atoms with Gasteiger partial charge in [0.1, 0.15) is 6.10 Å². The fourth-order valence-electron chi connectivity index (χ4n) is 6.26. The van der Waals surface area contributed by atoms with Crippen LogP contribution in [0.5, 0.6) is 0 Å². The maximum absolute atomic E-state index is 11.1. The van der Waals surface area contributed by atoms with Crippen molar-refractivity contribution >= 4 is 0 Å². The van der Waals surface area contributed by atoms with Crippen LogP contribution in [-0.2, 0) is 18.9 Å². The quantitative estimate of drug-likeness (QED) is 0.801. The summed E-state index contributed by atoms with van der Waals surface area (Å²) >= 11 is 0. The zero-order valence-electron chi connectivity index (χ0n) is 15.0. The van der Waals surface area contributed by atoms with Gasteiger partial charge in [0.05, 0.1) is 18.3 Å². The van der Waals surface area contributed by atoms with Crippen LogP contribution in [0.2, 0.25) is 0 Å². The van der Waals surface area contributed by atoms with E-state index in [9.17, 15) is 5.11 Å². The number of hydrogen-bond donors (Lipinski definition) is 1. The Bertz CT molecular complexity index is 504. The normalized spacial score (nSPS) is 56.2. The predicted octanol–water partition coefficient (Wildman–Crippen LogP) is 2.31. The standard InChI is InChI=1S/C18H30O5/c1-16(2)8-7-9-18(5)10(15(20-6)21-9)11(19)12-13(14(16)18)23-17(3,4)22-12/h9-15,19H,7-8H2,1-6H3/t9-,10-,11-,12-,13-,14-,15+,18+/m0/s1. The number of aliphatic hydroxyl groups excluding tert-OH is 1. The molecule has 5 nitrogen and oxygen atoms in total. The van der Waals surface area contributed by atoms with Crippen LogP contribution in [0, 0.1) is 22.7 Å². The molecule has 2 saturated carbocycles. The van der Waals surface area contributed by atoms with Crippen molar-refractivity contribution in [3.8, 4) is 0 Å². The second kappa shape index (κ2) is 4.70. The van der Waals surface area contributed by atoms with Gasteiger partial charge in [0.25, 0.3) is 0 Å². The fraction of sp³-hybridized carbons (Fsp3) is 1.00. The van der Waals surface area contributed by atoms with Gasteiger partial charge in [-0.1, -0.05) is 20.8 Å². The summed E-state index contributed by atoms with van der Waals surface area (Å²) in [5, 5.41) is 11.1. The molecule has 23 heavy (non-hydrogen) atoms. The summed E-state index contributed by atoms with van der Waals surface area (Å²) in [6.07, 6.45) is 0.785. The lowest BCUT2D eigenvalue weighted by molar-refractivity contribution is -0.198. The monoisotopic (exact) mass is 326 g/mol. The fourth-order valence-corrected chi connectivity index (χ4v) is 6.26. The van der Waals surface area contributed by atoms with Crippen molar-refractivity contribution < 1.29 is 24.1 Å². The number of rotatable bonds is 1. The third-order valence-corrected chi connectivity index (χ3v) is 7.00. The molecule has 2 aliphatic heterocycles. The van der Waals surface area contributed by atoms with E-state index in [2.05, 4.69) is 20.8 Å². The van der Waals surface area contributed by atoms with Gasteiger partial charge in [0.15, 0.2) is 12.1 Å². The first-order valence-corrected chi connectivity index (χ1v) is 8.84. The number of methoxy groups -OCH3 is 1. The Morgan fingerprint density at radius 2 is 1.70 bits per heavy atom. The zero-order valence-corrected chi connectivity index (χ0v) is 15.0. The molecule has 0 spiro atoms. The third kappa shape index (κ3) is 1.97. The maximum Gasteiger partial charge on any atom is 0.163 e. The first kappa shape index (κ1) is 16.3. The number of fused-ring (bicyclic) bond motifs is 2. The summed E-state index contributed by atoms with van der Waals surface area (Å²) in [6, 6.07) is 0. The molecule has 0 aromatic carbocycles. The Kier molecular flexibility index (Phi) is 3.33. The van der Waals surface area contributed by atoms with Crippen molar-refractivity contribution in [1.82, 2.24) is 0 Å². The molecule has 1 N–H and O–H groups in total. The summed E-state index contributed by atoms with van der Waals surface area (Å²) in [5.41, 5.74) is -0.0465. The van der Waals surface area contributed by atoms with Crippen molar-refractivity contribution in [3.63, 3.8) is 0 Å². The average Bonchev–Trinajstić information content (AvgIpc) is 2.90. The smallest absolute Gasteiger partial charge is 0.163 e. The lowest BCUT2D eigenvalue weighted by atomic mass is 9.46. The van der Waals surface area contributed by atoms with Gasteiger partial charge in [-0.2, -0.15) is 0 Å². The minimum Gasteiger partial charge on any atom is -0.390 e. The van der Waals surface area contributed by atoms with Crippen LogP contribution in [0.3, 0.4) is 0 Å². The number of hydrogen-bond acceptors (Lipinski definition) is 5. The summed E-state index contributed by atoms with van der Waals surface area (Å²) in [7, 11) is 1.67. The minimum atomic E-state index is -0.655. The summed E-state index contributed by atoms with van der Waals surface area (Å²) in [5.74, 6) is -0.465. The molecule has 4 aliphatic rings. The van der Waals surface area contributed by atoms with E-state index in [1.54, 1.807) is 7.11 Å². The Balaban J connectivity index is 1.84. The van der Waals surface area contributed by atoms with Crippen LogP contribution in [0.1, 0.15) is 47.5 Å². The number of aliphatic hydroxyl groups is 1. The molecule has 5 heteroatoms. The maximum atomic E-state index is 11.1. The van der Waals surface area contributed by atoms with E-state index in [1.807, 2.05) is 13.8 Å². The molecule has 2 saturated heterocycles. The van der Waals surface area contributed by atoms with E-state index >= 15 is 0 Å². The van der Waals surface area contributed by atoms with E-state index in [0.29, 0.717) is 0 Å². The van der Waals surface area contributed by atoms with Gasteiger partial charge < -0.3 is 24.1 Å². The van der Waals surface area contributed by atoms with Crippen LogP contribution >= 0.6 is 0 Å². The lowest BCUT2D eigenvalue weighted by Crippen LogP contribution is -2.66. The first-order chi connectivity index (χ1) is 10.6. The molecule has 0 amide bonds. The van der Waals surface area contributed by atoms with Crippen molar-refractivity contribution in [1.29, 1.82) is 0 Å². The van der Waals surface area contributed by atoms with Gasteiger partial charge in [-0.15, -0.1) is 0 Å². The predicted molar refractivity (Wildman–Crippen MR) is 83.6 cm³/mol. The van der Waals surface area contributed by atoms with E-state index < -0.39 is 11.9 Å². The molecule has 0 bridgehead atoms. The molecule has 2 heterocycles. The molecule has 0 aromatic rings. The largest absolute Gasteiger partial charge is 0.390 e. The Hall–Kier alpha value is -0.200. The van der Waals surface area contributed by atoms with Crippen LogP contribution in [0.4, 0.5) is 0 Å². The highest BCUT2D eigenvalue weighted by molar-refractivity contribution is 5.18. The summed E-state index contributed by atoms with van der Waals surface area (Å²) in [4.78, 5) is 0. The SMILES string of the molecule is CO[C@@H]1O[C@H]2CCC(C)(C)[C@@H]3[C@H]4OC(C)(C)O[C@H]4[C@@H](O)[C@@H]1[C@@]23C. The van der Waals surface area contributed by atoms with E-state index in [-0.39, 0.29) is 47.3 Å². The Morgan fingerprint density at radius 3 is 2.35 bits per heavy atom. The van der Waals surface area contributed by atoms with Crippen LogP contribution in [0.15, 0.2) is 0 Å². The molecule has 2 aliphatic carbocycles. The zero-order chi connectivity index (χ0) is 16.8. The minimum absolute atomic E-state index is 0.0826. The molecule has 0 aromatic heterocycles. The van der Waals surface area contributed by atoms with Crippen LogP contribution in [0.25, 0.3) is 0 Å². The van der Waals surface area contributed by atoms with E-state index in [0.717, 1.165) is 12.8 Å². The van der Waals surface area contributed by atoms with Crippen molar-refractivity contribution in [2.75, 3.05) is 7.11 Å². The molecule has 0 unspecified atom stereocenters. The first-order valence-electron chi connectivity index (χ1n) is 8.84. The molecule has 132 valence electrons. The van der Waals surface area contributed by atoms with E-state index in [4.69, 9.17) is 18.9 Å². The van der Waals surface area contributed by atoms with Gasteiger partial charge in [-0.05, 0) is 32.1 Å². The molecule has 4 rings (SSSR count). The van der Waals surface area contributed by atoms with Gasteiger partial charge in [-0.3, -0.25) is 0 Å². The average molecular weight is 326 g/mol. The highest BCUT2D eigenvalue weighted by Gasteiger charge is 2.73. The molecule has 0 radical (unpaired) electrons. The Morgan fingerprint density at radius 1 is 1.04 bits per heavy atom. The van der Waals surface area contributed by atoms with Gasteiger partial charge in [0, 0.05) is 24.4 Å². The Labute approximate surface area is 138 Å². The third-order valence-electron chi connectivity index (χ3n) is 7.00. The van der Waals surface area contributed by atoms with E-state index in [1.165, 1.54) is 0 Å². The second-order valence-corrected chi connectivity index (χ2v) is 9.18. The van der Waals surface area contributed by atoms with Crippen LogP contribution < -0.4 is 0 Å². The number of ether oxygens (including phenoxy) is 4. The molecule has 8 atom stereocenters. The summed E-state index contributed by atoms with van der Waals surface area (Å²) < 4.78 is 24.3.